The van der Waals surface area contributed by atoms with E-state index in [1.165, 1.54) is 12.1 Å². The molecule has 0 atom stereocenters. The van der Waals surface area contributed by atoms with Crippen molar-refractivity contribution in [2.45, 2.75) is 0 Å². The van der Waals surface area contributed by atoms with Gasteiger partial charge in [0, 0.05) is 9.86 Å². The van der Waals surface area contributed by atoms with Crippen molar-refractivity contribution >= 4 is 26.8 Å². The lowest BCUT2D eigenvalue weighted by Crippen LogP contribution is -1.96. The topological polar surface area (TPSA) is 17.8 Å². The summed E-state index contributed by atoms with van der Waals surface area (Å²) in [6.07, 6.45) is 1.77. The minimum atomic E-state index is -0.263. The van der Waals surface area contributed by atoms with Crippen molar-refractivity contribution in [3.63, 3.8) is 0 Å². The third-order valence-electron chi connectivity index (χ3n) is 2.61. The predicted octanol–water partition coefficient (Wildman–Crippen LogP) is 3.93. The standard InChI is InChI=1S/C13H8BrFN2/c14-12-5-2-6-13-11(12)8-16-17(13)10-4-1-3-9(15)7-10/h1-8H. The fraction of sp³-hybridized carbons (Fsp3) is 0. The Labute approximate surface area is 106 Å². The SMILES string of the molecule is Fc1cccc(-n2ncc3c(Br)cccc32)c1. The number of hydrogen-bond donors (Lipinski definition) is 0. The van der Waals surface area contributed by atoms with Gasteiger partial charge in [0.1, 0.15) is 5.82 Å². The molecule has 4 heteroatoms. The molecule has 0 aliphatic heterocycles. The van der Waals surface area contributed by atoms with E-state index in [9.17, 15) is 4.39 Å². The number of aromatic nitrogens is 2. The highest BCUT2D eigenvalue weighted by molar-refractivity contribution is 9.10. The quantitative estimate of drug-likeness (QED) is 0.664. The lowest BCUT2D eigenvalue weighted by atomic mass is 10.2. The first kappa shape index (κ1) is 10.5. The van der Waals surface area contributed by atoms with E-state index in [1.807, 2.05) is 24.3 Å². The molecule has 0 aliphatic carbocycles. The molecular weight excluding hydrogens is 283 g/mol. The van der Waals surface area contributed by atoms with Crippen molar-refractivity contribution in [1.29, 1.82) is 0 Å². The van der Waals surface area contributed by atoms with E-state index in [2.05, 4.69) is 21.0 Å². The van der Waals surface area contributed by atoms with E-state index in [0.29, 0.717) is 0 Å². The maximum absolute atomic E-state index is 13.2. The van der Waals surface area contributed by atoms with Gasteiger partial charge < -0.3 is 0 Å². The Bertz CT molecular complexity index is 691. The number of nitrogens with zero attached hydrogens (tertiary/aromatic N) is 2. The first-order valence-electron chi connectivity index (χ1n) is 5.14. The van der Waals surface area contributed by atoms with Gasteiger partial charge in [-0.15, -0.1) is 0 Å². The molecule has 0 unspecified atom stereocenters. The third kappa shape index (κ3) is 1.74. The molecule has 0 aliphatic rings. The van der Waals surface area contributed by atoms with Crippen LogP contribution in [-0.2, 0) is 0 Å². The molecule has 0 fully saturated rings. The lowest BCUT2D eigenvalue weighted by Gasteiger charge is -2.03. The normalized spacial score (nSPS) is 10.9. The second kappa shape index (κ2) is 3.96. The summed E-state index contributed by atoms with van der Waals surface area (Å²) in [5.41, 5.74) is 1.67. The summed E-state index contributed by atoms with van der Waals surface area (Å²) >= 11 is 3.47. The summed E-state index contributed by atoms with van der Waals surface area (Å²) in [7, 11) is 0. The first-order valence-corrected chi connectivity index (χ1v) is 5.93. The van der Waals surface area contributed by atoms with Gasteiger partial charge in [0.25, 0.3) is 0 Å². The molecule has 0 radical (unpaired) electrons. The average molecular weight is 291 g/mol. The Hall–Kier alpha value is -1.68. The summed E-state index contributed by atoms with van der Waals surface area (Å²) in [6, 6.07) is 12.2. The Morgan fingerprint density at radius 1 is 1.12 bits per heavy atom. The Morgan fingerprint density at radius 3 is 2.76 bits per heavy atom. The number of rotatable bonds is 1. The number of fused-ring (bicyclic) bond motifs is 1. The van der Waals surface area contributed by atoms with Crippen LogP contribution in [0, 0.1) is 5.82 Å². The van der Waals surface area contributed by atoms with Crippen molar-refractivity contribution in [3.8, 4) is 5.69 Å². The Balaban J connectivity index is 2.28. The van der Waals surface area contributed by atoms with Crippen LogP contribution in [-0.4, -0.2) is 9.78 Å². The predicted molar refractivity (Wildman–Crippen MR) is 68.7 cm³/mol. The molecule has 0 spiro atoms. The van der Waals surface area contributed by atoms with Crippen LogP contribution in [0.15, 0.2) is 53.1 Å². The van der Waals surface area contributed by atoms with Gasteiger partial charge in [-0.1, -0.05) is 28.1 Å². The zero-order valence-electron chi connectivity index (χ0n) is 8.77. The van der Waals surface area contributed by atoms with E-state index in [-0.39, 0.29) is 5.82 Å². The molecule has 1 heterocycles. The van der Waals surface area contributed by atoms with Gasteiger partial charge in [-0.2, -0.15) is 5.10 Å². The number of benzene rings is 2. The van der Waals surface area contributed by atoms with Crippen LogP contribution in [0.5, 0.6) is 0 Å². The number of halogens is 2. The van der Waals surface area contributed by atoms with E-state index in [4.69, 9.17) is 0 Å². The van der Waals surface area contributed by atoms with Gasteiger partial charge in [0.05, 0.1) is 17.4 Å². The third-order valence-corrected chi connectivity index (χ3v) is 3.30. The largest absolute Gasteiger partial charge is 0.233 e. The summed E-state index contributed by atoms with van der Waals surface area (Å²) in [6.45, 7) is 0. The van der Waals surface area contributed by atoms with Gasteiger partial charge in [0.2, 0.25) is 0 Å². The van der Waals surface area contributed by atoms with E-state index in [0.717, 1.165) is 21.1 Å². The summed E-state index contributed by atoms with van der Waals surface area (Å²) in [4.78, 5) is 0. The van der Waals surface area contributed by atoms with Crippen LogP contribution in [0.4, 0.5) is 4.39 Å². The van der Waals surface area contributed by atoms with Crippen LogP contribution in [0.2, 0.25) is 0 Å². The lowest BCUT2D eigenvalue weighted by molar-refractivity contribution is 0.626. The smallest absolute Gasteiger partial charge is 0.125 e. The molecule has 2 aromatic carbocycles. The fourth-order valence-electron chi connectivity index (χ4n) is 1.83. The molecule has 84 valence electrons. The second-order valence-corrected chi connectivity index (χ2v) is 4.56. The van der Waals surface area contributed by atoms with Crippen LogP contribution in [0.1, 0.15) is 0 Å². The minimum absolute atomic E-state index is 0.263. The first-order chi connectivity index (χ1) is 8.25. The molecule has 0 saturated heterocycles. The highest BCUT2D eigenvalue weighted by Gasteiger charge is 2.07. The van der Waals surface area contributed by atoms with Crippen LogP contribution < -0.4 is 0 Å². The molecule has 3 aromatic rings. The zero-order chi connectivity index (χ0) is 11.8. The van der Waals surface area contributed by atoms with E-state index >= 15 is 0 Å². The van der Waals surface area contributed by atoms with Crippen molar-refractivity contribution in [3.05, 3.63) is 59.0 Å². The fourth-order valence-corrected chi connectivity index (χ4v) is 2.29. The highest BCUT2D eigenvalue weighted by atomic mass is 79.9. The van der Waals surface area contributed by atoms with Crippen LogP contribution in [0.3, 0.4) is 0 Å². The van der Waals surface area contributed by atoms with Crippen molar-refractivity contribution in [2.24, 2.45) is 0 Å². The van der Waals surface area contributed by atoms with Gasteiger partial charge >= 0.3 is 0 Å². The average Bonchev–Trinajstić information content (AvgIpc) is 2.74. The van der Waals surface area contributed by atoms with Gasteiger partial charge in [0.15, 0.2) is 0 Å². The highest BCUT2D eigenvalue weighted by Crippen LogP contribution is 2.25. The number of hydrogen-bond acceptors (Lipinski definition) is 1. The van der Waals surface area contributed by atoms with Gasteiger partial charge in [-0.3, -0.25) is 0 Å². The molecule has 1 aromatic heterocycles. The second-order valence-electron chi connectivity index (χ2n) is 3.71. The maximum Gasteiger partial charge on any atom is 0.125 e. The minimum Gasteiger partial charge on any atom is -0.233 e. The monoisotopic (exact) mass is 290 g/mol. The summed E-state index contributed by atoms with van der Waals surface area (Å²) in [5.74, 6) is -0.263. The summed E-state index contributed by atoms with van der Waals surface area (Å²) < 4.78 is 15.9. The van der Waals surface area contributed by atoms with Crippen molar-refractivity contribution in [1.82, 2.24) is 9.78 Å². The maximum atomic E-state index is 13.2. The molecule has 2 nitrogen and oxygen atoms in total. The molecule has 17 heavy (non-hydrogen) atoms. The van der Waals surface area contributed by atoms with Gasteiger partial charge in [-0.25, -0.2) is 9.07 Å². The molecular formula is C13H8BrFN2. The van der Waals surface area contributed by atoms with Crippen LogP contribution in [0.25, 0.3) is 16.6 Å². The molecule has 0 bridgehead atoms. The van der Waals surface area contributed by atoms with E-state index in [1.54, 1.807) is 16.9 Å². The van der Waals surface area contributed by atoms with Gasteiger partial charge in [-0.05, 0) is 30.3 Å². The molecule has 0 amide bonds. The van der Waals surface area contributed by atoms with Crippen molar-refractivity contribution in [2.75, 3.05) is 0 Å². The van der Waals surface area contributed by atoms with Crippen LogP contribution >= 0.6 is 15.9 Å². The Morgan fingerprint density at radius 2 is 1.94 bits per heavy atom. The Kier molecular flexibility index (Phi) is 2.44. The molecule has 0 N–H and O–H groups in total. The zero-order valence-corrected chi connectivity index (χ0v) is 10.4. The van der Waals surface area contributed by atoms with E-state index < -0.39 is 0 Å². The van der Waals surface area contributed by atoms with Crippen molar-refractivity contribution < 1.29 is 4.39 Å². The molecule has 3 rings (SSSR count). The molecule has 0 saturated carbocycles. The summed E-state index contributed by atoms with van der Waals surface area (Å²) in [5, 5.41) is 5.30.